The molecule has 0 unspecified atom stereocenters. The van der Waals surface area contributed by atoms with Crippen molar-refractivity contribution in [2.24, 2.45) is 0 Å². The van der Waals surface area contributed by atoms with Gasteiger partial charge in [0.25, 0.3) is 5.91 Å². The standard InChI is InChI=1S/C17H14F3N5O2S/c18-17(19,20)16-23-14(24-27-16)12-5-1-4-11(22-12)10-3-2-6-25(8-10)15(26)13-7-21-9-28-13/h1,4-5,7,9-10H,2-3,6,8H2/t10-/m0/s1. The zero-order valence-corrected chi connectivity index (χ0v) is 15.2. The molecule has 28 heavy (non-hydrogen) atoms. The van der Waals surface area contributed by atoms with E-state index in [2.05, 4.69) is 24.6 Å². The van der Waals surface area contributed by atoms with Crippen LogP contribution in [0.2, 0.25) is 0 Å². The molecule has 1 atom stereocenters. The number of aromatic nitrogens is 4. The average molecular weight is 409 g/mol. The molecule has 3 aromatic heterocycles. The van der Waals surface area contributed by atoms with Crippen LogP contribution in [0.1, 0.15) is 40.0 Å². The second-order valence-corrected chi connectivity index (χ2v) is 7.21. The summed E-state index contributed by atoms with van der Waals surface area (Å²) >= 11 is 1.29. The number of thiazole rings is 1. The highest BCUT2D eigenvalue weighted by molar-refractivity contribution is 7.11. The van der Waals surface area contributed by atoms with Crippen LogP contribution in [0.5, 0.6) is 0 Å². The third-order valence-corrected chi connectivity index (χ3v) is 5.20. The normalized spacial score (nSPS) is 17.7. The van der Waals surface area contributed by atoms with E-state index in [4.69, 9.17) is 0 Å². The van der Waals surface area contributed by atoms with Crippen LogP contribution in [-0.4, -0.2) is 44.0 Å². The second kappa shape index (κ2) is 7.30. The highest BCUT2D eigenvalue weighted by Crippen LogP contribution is 2.31. The van der Waals surface area contributed by atoms with Crippen LogP contribution in [0.3, 0.4) is 0 Å². The molecule has 1 saturated heterocycles. The smallest absolute Gasteiger partial charge is 0.337 e. The number of pyridine rings is 1. The molecule has 146 valence electrons. The van der Waals surface area contributed by atoms with E-state index < -0.39 is 12.1 Å². The van der Waals surface area contributed by atoms with Crippen molar-refractivity contribution in [2.45, 2.75) is 24.9 Å². The minimum absolute atomic E-state index is 0.0282. The number of hydrogen-bond donors (Lipinski definition) is 0. The summed E-state index contributed by atoms with van der Waals surface area (Å²) in [6.07, 6.45) is -1.53. The highest BCUT2D eigenvalue weighted by atomic mass is 32.1. The lowest BCUT2D eigenvalue weighted by Crippen LogP contribution is -2.39. The molecule has 0 spiro atoms. The van der Waals surface area contributed by atoms with Gasteiger partial charge in [0.05, 0.1) is 11.7 Å². The fourth-order valence-electron chi connectivity index (χ4n) is 3.13. The SMILES string of the molecule is O=C(c1cncs1)N1CCC[C@H](c2cccc(-c3noc(C(F)(F)F)n3)n2)C1. The molecule has 1 aliphatic rings. The van der Waals surface area contributed by atoms with E-state index in [1.165, 1.54) is 17.4 Å². The first-order valence-electron chi connectivity index (χ1n) is 8.48. The van der Waals surface area contributed by atoms with Crippen molar-refractivity contribution in [1.29, 1.82) is 0 Å². The Morgan fingerprint density at radius 2 is 2.14 bits per heavy atom. The van der Waals surface area contributed by atoms with E-state index in [-0.39, 0.29) is 23.3 Å². The molecule has 0 aliphatic carbocycles. The number of carbonyl (C=O) groups excluding carboxylic acids is 1. The molecule has 7 nitrogen and oxygen atoms in total. The molecule has 0 aromatic carbocycles. The zero-order valence-electron chi connectivity index (χ0n) is 14.4. The van der Waals surface area contributed by atoms with Gasteiger partial charge in [0.2, 0.25) is 5.82 Å². The van der Waals surface area contributed by atoms with E-state index in [0.717, 1.165) is 12.8 Å². The Bertz CT molecular complexity index is 973. The minimum atomic E-state index is -4.70. The van der Waals surface area contributed by atoms with Crippen LogP contribution in [0.25, 0.3) is 11.5 Å². The predicted molar refractivity (Wildman–Crippen MR) is 92.5 cm³/mol. The molecule has 4 heterocycles. The molecular formula is C17H14F3N5O2S. The minimum Gasteiger partial charge on any atom is -0.337 e. The van der Waals surface area contributed by atoms with Crippen LogP contribution in [0, 0.1) is 0 Å². The summed E-state index contributed by atoms with van der Waals surface area (Å²) in [5.41, 5.74) is 2.49. The predicted octanol–water partition coefficient (Wildman–Crippen LogP) is 3.63. The van der Waals surface area contributed by atoms with Crippen LogP contribution < -0.4 is 0 Å². The molecule has 1 amide bonds. The monoisotopic (exact) mass is 409 g/mol. The summed E-state index contributed by atoms with van der Waals surface area (Å²) in [7, 11) is 0. The van der Waals surface area contributed by atoms with Crippen molar-refractivity contribution in [2.75, 3.05) is 13.1 Å². The van der Waals surface area contributed by atoms with Gasteiger partial charge in [-0.15, -0.1) is 11.3 Å². The maximum atomic E-state index is 12.7. The quantitative estimate of drug-likeness (QED) is 0.657. The van der Waals surface area contributed by atoms with Gasteiger partial charge >= 0.3 is 12.1 Å². The Morgan fingerprint density at radius 3 is 2.86 bits per heavy atom. The lowest BCUT2D eigenvalue weighted by atomic mass is 9.94. The summed E-state index contributed by atoms with van der Waals surface area (Å²) in [5.74, 6) is -1.73. The summed E-state index contributed by atoms with van der Waals surface area (Å²) < 4.78 is 42.3. The van der Waals surface area contributed by atoms with Gasteiger partial charge in [-0.3, -0.25) is 9.78 Å². The molecule has 0 bridgehead atoms. The number of hydrogen-bond acceptors (Lipinski definition) is 7. The van der Waals surface area contributed by atoms with Gasteiger partial charge in [0.1, 0.15) is 10.6 Å². The van der Waals surface area contributed by atoms with E-state index in [1.54, 1.807) is 28.7 Å². The van der Waals surface area contributed by atoms with Crippen molar-refractivity contribution < 1.29 is 22.5 Å². The first kappa shape index (κ1) is 18.5. The largest absolute Gasteiger partial charge is 0.471 e. The zero-order chi connectivity index (χ0) is 19.7. The number of piperidine rings is 1. The van der Waals surface area contributed by atoms with Gasteiger partial charge in [-0.25, -0.2) is 4.98 Å². The summed E-state index contributed by atoms with van der Waals surface area (Å²) in [6, 6.07) is 5.00. The third kappa shape index (κ3) is 3.75. The molecule has 3 aromatic rings. The number of amides is 1. The fraction of sp³-hybridized carbons (Fsp3) is 0.353. The number of likely N-dealkylation sites (tertiary alicyclic amines) is 1. The first-order chi connectivity index (χ1) is 13.4. The summed E-state index contributed by atoms with van der Waals surface area (Å²) in [6.45, 7) is 1.12. The van der Waals surface area contributed by atoms with Crippen molar-refractivity contribution in [3.63, 3.8) is 0 Å². The molecule has 4 rings (SSSR count). The fourth-order valence-corrected chi connectivity index (χ4v) is 3.71. The molecule has 0 N–H and O–H groups in total. The van der Waals surface area contributed by atoms with Gasteiger partial charge < -0.3 is 9.42 Å². The van der Waals surface area contributed by atoms with E-state index >= 15 is 0 Å². The molecule has 0 saturated carbocycles. The van der Waals surface area contributed by atoms with Gasteiger partial charge in [-0.1, -0.05) is 11.2 Å². The van der Waals surface area contributed by atoms with Gasteiger partial charge in [-0.05, 0) is 25.0 Å². The Balaban J connectivity index is 1.54. The Morgan fingerprint density at radius 1 is 1.29 bits per heavy atom. The molecule has 11 heteroatoms. The number of alkyl halides is 3. The highest BCUT2D eigenvalue weighted by Gasteiger charge is 2.38. The topological polar surface area (TPSA) is 85.0 Å². The average Bonchev–Trinajstić information content (AvgIpc) is 3.39. The maximum absolute atomic E-state index is 12.7. The van der Waals surface area contributed by atoms with E-state index in [9.17, 15) is 18.0 Å². The summed E-state index contributed by atoms with van der Waals surface area (Å²) in [5, 5.41) is 3.38. The molecule has 1 fully saturated rings. The van der Waals surface area contributed by atoms with Gasteiger partial charge in [0.15, 0.2) is 0 Å². The number of halogens is 3. The van der Waals surface area contributed by atoms with Gasteiger partial charge in [0, 0.05) is 24.7 Å². The van der Waals surface area contributed by atoms with Crippen molar-refractivity contribution >= 4 is 17.2 Å². The van der Waals surface area contributed by atoms with E-state index in [1.807, 2.05) is 0 Å². The van der Waals surface area contributed by atoms with Crippen LogP contribution in [-0.2, 0) is 6.18 Å². The Kier molecular flexibility index (Phi) is 4.84. The Hall–Kier alpha value is -2.82. The van der Waals surface area contributed by atoms with Crippen molar-refractivity contribution in [3.8, 4) is 11.5 Å². The second-order valence-electron chi connectivity index (χ2n) is 6.32. The third-order valence-electron chi connectivity index (χ3n) is 4.44. The molecule has 0 radical (unpaired) electrons. The summed E-state index contributed by atoms with van der Waals surface area (Å²) in [4.78, 5) is 26.6. The lowest BCUT2D eigenvalue weighted by molar-refractivity contribution is -0.159. The van der Waals surface area contributed by atoms with E-state index in [0.29, 0.717) is 23.7 Å². The number of carbonyl (C=O) groups is 1. The first-order valence-corrected chi connectivity index (χ1v) is 9.36. The van der Waals surface area contributed by atoms with Crippen molar-refractivity contribution in [3.05, 3.63) is 46.4 Å². The molecule has 1 aliphatic heterocycles. The van der Waals surface area contributed by atoms with Crippen LogP contribution in [0.15, 0.2) is 34.4 Å². The lowest BCUT2D eigenvalue weighted by Gasteiger charge is -2.32. The van der Waals surface area contributed by atoms with Crippen LogP contribution in [0.4, 0.5) is 13.2 Å². The number of rotatable bonds is 3. The van der Waals surface area contributed by atoms with Gasteiger partial charge in [-0.2, -0.15) is 18.2 Å². The van der Waals surface area contributed by atoms with Crippen molar-refractivity contribution in [1.82, 2.24) is 25.0 Å². The maximum Gasteiger partial charge on any atom is 0.471 e. The Labute approximate surface area is 161 Å². The number of nitrogens with zero attached hydrogens (tertiary/aromatic N) is 5. The van der Waals surface area contributed by atoms with Crippen LogP contribution >= 0.6 is 11.3 Å². The molecular weight excluding hydrogens is 395 g/mol.